The Morgan fingerprint density at radius 1 is 0.978 bits per heavy atom. The summed E-state index contributed by atoms with van der Waals surface area (Å²) < 4.78 is 35.8. The minimum Gasteiger partial charge on any atom is -0.487 e. The van der Waals surface area contributed by atoms with E-state index in [-0.39, 0.29) is 29.0 Å². The molecule has 46 heavy (non-hydrogen) atoms. The van der Waals surface area contributed by atoms with Crippen LogP contribution in [0.25, 0.3) is 10.9 Å². The monoisotopic (exact) mass is 685 g/mol. The number of ether oxygens (including phenoxy) is 1. The van der Waals surface area contributed by atoms with Crippen LogP contribution in [0.1, 0.15) is 42.5 Å². The van der Waals surface area contributed by atoms with Crippen molar-refractivity contribution in [3.8, 4) is 5.75 Å². The van der Waals surface area contributed by atoms with Crippen molar-refractivity contribution in [2.24, 2.45) is 5.92 Å². The number of hydrogen-bond donors (Lipinski definition) is 0. The number of piperazine rings is 1. The molecule has 12 heteroatoms. The fourth-order valence-corrected chi connectivity index (χ4v) is 10.5. The van der Waals surface area contributed by atoms with Gasteiger partial charge in [0, 0.05) is 67.0 Å². The van der Waals surface area contributed by atoms with Gasteiger partial charge in [-0.3, -0.25) is 9.69 Å². The zero-order valence-electron chi connectivity index (χ0n) is 26.4. The maximum absolute atomic E-state index is 14.1. The fourth-order valence-electron chi connectivity index (χ4n) is 7.96. The third-order valence-electron chi connectivity index (χ3n) is 10.5. The van der Waals surface area contributed by atoms with Crippen LogP contribution in [0.15, 0.2) is 41.3 Å². The van der Waals surface area contributed by atoms with Crippen molar-refractivity contribution < 1.29 is 17.9 Å². The number of benzene rings is 2. The summed E-state index contributed by atoms with van der Waals surface area (Å²) in [4.78, 5) is 25.4. The van der Waals surface area contributed by atoms with Crippen LogP contribution in [0, 0.1) is 19.8 Å². The Morgan fingerprint density at radius 3 is 2.46 bits per heavy atom. The van der Waals surface area contributed by atoms with Gasteiger partial charge in [-0.05, 0) is 88.4 Å². The summed E-state index contributed by atoms with van der Waals surface area (Å²) in [5.74, 6) is 1.19. The van der Waals surface area contributed by atoms with E-state index in [1.165, 1.54) is 42.4 Å². The lowest BCUT2D eigenvalue weighted by Crippen LogP contribution is -2.62. The number of piperidine rings is 3. The molecule has 5 fully saturated rings. The molecule has 1 aromatic heterocycles. The van der Waals surface area contributed by atoms with Gasteiger partial charge in [0.1, 0.15) is 28.8 Å². The largest absolute Gasteiger partial charge is 0.487 e. The maximum Gasteiger partial charge on any atom is 0.245 e. The Morgan fingerprint density at radius 2 is 1.74 bits per heavy atom. The lowest BCUT2D eigenvalue weighted by Gasteiger charge is -2.51. The number of rotatable bonds is 7. The van der Waals surface area contributed by atoms with Crippen molar-refractivity contribution in [1.82, 2.24) is 24.0 Å². The average molecular weight is 687 g/mol. The molecule has 6 heterocycles. The van der Waals surface area contributed by atoms with Crippen LogP contribution < -0.4 is 4.74 Å². The smallest absolute Gasteiger partial charge is 0.245 e. The van der Waals surface area contributed by atoms with E-state index in [9.17, 15) is 13.2 Å². The van der Waals surface area contributed by atoms with E-state index in [1.54, 1.807) is 0 Å². The van der Waals surface area contributed by atoms with E-state index in [2.05, 4.69) is 14.8 Å². The minimum atomic E-state index is -4.09. The standard InChI is InChI=1S/C34H41Cl2N5O4S/c1-22-19-23(2)37-33-25(22)5-3-7-30(33)45-21-26-27(35)8-9-31(32(26)36)46(43,44)41-12-4-6-28(41)34(42)40-17-15-39(16-18-40)29-20-38-13-10-24(29)11-14-38/h3,5,7-9,19,24,28-29H,4,6,10-18,20-21H2,1-2H3. The molecule has 3 aromatic rings. The molecule has 5 aliphatic rings. The highest BCUT2D eigenvalue weighted by molar-refractivity contribution is 7.89. The number of para-hydroxylation sites is 1. The normalized spacial score (nSPS) is 25.8. The molecule has 2 aromatic carbocycles. The molecule has 0 spiro atoms. The van der Waals surface area contributed by atoms with Gasteiger partial charge in [-0.1, -0.05) is 35.3 Å². The molecule has 0 radical (unpaired) electrons. The molecular weight excluding hydrogens is 645 g/mol. The third kappa shape index (κ3) is 5.90. The Balaban J connectivity index is 1.06. The second-order valence-electron chi connectivity index (χ2n) is 13.2. The SMILES string of the molecule is Cc1cc(C)c2cccc(OCc3c(Cl)ccc(S(=O)(=O)N4CCCC4C(=O)N4CCN(C5CN6CCC5CC6)CC4)c3Cl)c2n1. The summed E-state index contributed by atoms with van der Waals surface area (Å²) in [6, 6.07) is 10.5. The van der Waals surface area contributed by atoms with E-state index in [0.29, 0.717) is 48.3 Å². The quantitative estimate of drug-likeness (QED) is 0.341. The first-order valence-corrected chi connectivity index (χ1v) is 18.5. The first kappa shape index (κ1) is 32.1. The lowest BCUT2D eigenvalue weighted by molar-refractivity contribution is -0.137. The van der Waals surface area contributed by atoms with Crippen LogP contribution in [0.2, 0.25) is 10.0 Å². The van der Waals surface area contributed by atoms with Gasteiger partial charge in [0.15, 0.2) is 0 Å². The number of sulfonamides is 1. The van der Waals surface area contributed by atoms with Gasteiger partial charge < -0.3 is 14.5 Å². The van der Waals surface area contributed by atoms with E-state index in [1.807, 2.05) is 43.0 Å². The van der Waals surface area contributed by atoms with E-state index in [0.717, 1.165) is 47.7 Å². The van der Waals surface area contributed by atoms with Crippen molar-refractivity contribution in [1.29, 1.82) is 0 Å². The van der Waals surface area contributed by atoms with Crippen molar-refractivity contribution in [2.45, 2.75) is 63.1 Å². The van der Waals surface area contributed by atoms with Gasteiger partial charge >= 0.3 is 0 Å². The molecule has 2 bridgehead atoms. The fraction of sp³-hybridized carbons (Fsp3) is 0.529. The van der Waals surface area contributed by atoms with Gasteiger partial charge in [-0.15, -0.1) is 0 Å². The molecule has 0 N–H and O–H groups in total. The predicted octanol–water partition coefficient (Wildman–Crippen LogP) is 5.13. The Bertz CT molecular complexity index is 1760. The van der Waals surface area contributed by atoms with Crippen LogP contribution in [-0.2, 0) is 21.4 Å². The Kier molecular flexibility index (Phi) is 8.97. The van der Waals surface area contributed by atoms with Crippen molar-refractivity contribution in [3.63, 3.8) is 0 Å². The zero-order chi connectivity index (χ0) is 32.2. The Labute approximate surface area is 281 Å². The molecule has 5 aliphatic heterocycles. The predicted molar refractivity (Wildman–Crippen MR) is 180 cm³/mol. The van der Waals surface area contributed by atoms with Gasteiger partial charge in [0.25, 0.3) is 0 Å². The topological polar surface area (TPSA) is 86.3 Å². The minimum absolute atomic E-state index is 0.0114. The molecule has 1 amide bonds. The zero-order valence-corrected chi connectivity index (χ0v) is 28.8. The van der Waals surface area contributed by atoms with Crippen LogP contribution in [0.4, 0.5) is 0 Å². The molecule has 0 saturated carbocycles. The number of fused-ring (bicyclic) bond motifs is 4. The number of nitrogens with zero attached hydrogens (tertiary/aromatic N) is 5. The van der Waals surface area contributed by atoms with Crippen LogP contribution >= 0.6 is 23.2 Å². The van der Waals surface area contributed by atoms with Gasteiger partial charge in [-0.2, -0.15) is 4.31 Å². The summed E-state index contributed by atoms with van der Waals surface area (Å²) in [6.45, 7) is 10.6. The number of carbonyl (C=O) groups is 1. The number of hydrogen-bond acceptors (Lipinski definition) is 7. The van der Waals surface area contributed by atoms with Crippen LogP contribution in [0.5, 0.6) is 5.75 Å². The summed E-state index contributed by atoms with van der Waals surface area (Å²) in [5.41, 5.74) is 3.05. The van der Waals surface area contributed by atoms with E-state index < -0.39 is 16.1 Å². The lowest BCUT2D eigenvalue weighted by atomic mass is 9.83. The molecule has 0 aliphatic carbocycles. The van der Waals surface area contributed by atoms with Crippen molar-refractivity contribution in [3.05, 3.63) is 63.3 Å². The van der Waals surface area contributed by atoms with Crippen molar-refractivity contribution in [2.75, 3.05) is 52.4 Å². The molecule has 2 unspecified atom stereocenters. The van der Waals surface area contributed by atoms with Gasteiger partial charge in [0.2, 0.25) is 15.9 Å². The molecule has 246 valence electrons. The molecule has 2 atom stereocenters. The molecular formula is C34H41Cl2N5O4S. The van der Waals surface area contributed by atoms with Crippen LogP contribution in [0.3, 0.4) is 0 Å². The highest BCUT2D eigenvalue weighted by Gasteiger charge is 2.44. The first-order valence-electron chi connectivity index (χ1n) is 16.4. The molecule has 5 saturated heterocycles. The second-order valence-corrected chi connectivity index (χ2v) is 15.8. The van der Waals surface area contributed by atoms with Crippen molar-refractivity contribution >= 4 is 50.0 Å². The van der Waals surface area contributed by atoms with Crippen LogP contribution in [-0.4, -0.2) is 103 Å². The molecule has 9 nitrogen and oxygen atoms in total. The van der Waals surface area contributed by atoms with Gasteiger partial charge in [-0.25, -0.2) is 13.4 Å². The maximum atomic E-state index is 14.1. The van der Waals surface area contributed by atoms with Gasteiger partial charge in [0.05, 0.1) is 5.02 Å². The summed E-state index contributed by atoms with van der Waals surface area (Å²) in [5, 5.41) is 1.29. The number of pyridine rings is 1. The molecule has 8 rings (SSSR count). The number of halogens is 2. The number of aryl methyl sites for hydroxylation is 2. The second kappa shape index (κ2) is 12.9. The number of carbonyl (C=O) groups excluding carboxylic acids is 1. The summed E-state index contributed by atoms with van der Waals surface area (Å²) >= 11 is 13.4. The average Bonchev–Trinajstić information content (AvgIpc) is 3.56. The number of amides is 1. The Hall–Kier alpha value is -2.47. The van der Waals surface area contributed by atoms with E-state index in [4.69, 9.17) is 27.9 Å². The summed E-state index contributed by atoms with van der Waals surface area (Å²) in [7, 11) is -4.09. The van der Waals surface area contributed by atoms with E-state index >= 15 is 0 Å². The number of aromatic nitrogens is 1. The highest BCUT2D eigenvalue weighted by Crippen LogP contribution is 2.37. The first-order chi connectivity index (χ1) is 22.1. The third-order valence-corrected chi connectivity index (χ3v) is 13.3. The highest BCUT2D eigenvalue weighted by atomic mass is 35.5. The summed E-state index contributed by atoms with van der Waals surface area (Å²) in [6.07, 6.45) is 3.63.